The molecule has 1 aromatic rings. The number of hydrogen-bond acceptors (Lipinski definition) is 3. The number of hydrogen-bond donors (Lipinski definition) is 1. The van der Waals surface area contributed by atoms with Gasteiger partial charge < -0.3 is 14.8 Å². The Hall–Kier alpha value is -1.64. The first kappa shape index (κ1) is 14.4. The van der Waals surface area contributed by atoms with Crippen molar-refractivity contribution in [2.75, 3.05) is 25.1 Å². The quantitative estimate of drug-likeness (QED) is 0.710. The molecule has 0 atom stereocenters. The van der Waals surface area contributed by atoms with Crippen molar-refractivity contribution in [2.45, 2.75) is 27.2 Å². The molecule has 0 aliphatic rings. The minimum Gasteiger partial charge on any atom is -0.494 e. The summed E-state index contributed by atoms with van der Waals surface area (Å²) in [6.07, 6.45) is 0.949. The molecule has 0 bridgehead atoms. The van der Waals surface area contributed by atoms with Crippen LogP contribution in [0.5, 0.6) is 11.5 Å². The number of rotatable bonds is 8. The summed E-state index contributed by atoms with van der Waals surface area (Å²) in [5.41, 5.74) is 2.14. The Balaban J connectivity index is 2.75. The van der Waals surface area contributed by atoms with Crippen molar-refractivity contribution >= 4 is 5.69 Å². The Morgan fingerprint density at radius 1 is 1.22 bits per heavy atom. The molecule has 1 aromatic carbocycles. The van der Waals surface area contributed by atoms with Gasteiger partial charge in [-0.15, -0.1) is 6.58 Å². The highest BCUT2D eigenvalue weighted by molar-refractivity contribution is 5.59. The Labute approximate surface area is 110 Å². The van der Waals surface area contributed by atoms with E-state index in [0.29, 0.717) is 13.2 Å². The van der Waals surface area contributed by atoms with Crippen LogP contribution in [-0.4, -0.2) is 19.8 Å². The summed E-state index contributed by atoms with van der Waals surface area (Å²) < 4.78 is 11.1. The molecule has 0 unspecified atom stereocenters. The Bertz CT molecular complexity index is 388. The van der Waals surface area contributed by atoms with Crippen molar-refractivity contribution < 1.29 is 9.47 Å². The average molecular weight is 249 g/mol. The fourth-order valence-electron chi connectivity index (χ4n) is 1.60. The summed E-state index contributed by atoms with van der Waals surface area (Å²) in [6, 6.07) is 5.85. The molecular weight excluding hydrogens is 226 g/mol. The van der Waals surface area contributed by atoms with Crippen LogP contribution in [0.4, 0.5) is 5.69 Å². The maximum absolute atomic E-state index is 5.59. The zero-order chi connectivity index (χ0) is 13.4. The summed E-state index contributed by atoms with van der Waals surface area (Å²) in [5.74, 6) is 1.72. The van der Waals surface area contributed by atoms with Gasteiger partial charge in [-0.2, -0.15) is 0 Å². The van der Waals surface area contributed by atoms with Crippen LogP contribution in [0.2, 0.25) is 0 Å². The Morgan fingerprint density at radius 2 is 1.94 bits per heavy atom. The Kier molecular flexibility index (Phi) is 6.12. The van der Waals surface area contributed by atoms with Gasteiger partial charge >= 0.3 is 0 Å². The molecule has 3 heteroatoms. The lowest BCUT2D eigenvalue weighted by atomic mass is 10.2. The van der Waals surface area contributed by atoms with E-state index in [1.807, 2.05) is 39.0 Å². The SMILES string of the molecule is C=C(C)CCNc1cc(OCC)ccc1OCC. The van der Waals surface area contributed by atoms with Gasteiger partial charge in [-0.25, -0.2) is 0 Å². The van der Waals surface area contributed by atoms with E-state index in [1.165, 1.54) is 5.57 Å². The minimum atomic E-state index is 0.656. The van der Waals surface area contributed by atoms with Crippen LogP contribution in [0.25, 0.3) is 0 Å². The zero-order valence-electron chi connectivity index (χ0n) is 11.6. The molecule has 0 aliphatic carbocycles. The van der Waals surface area contributed by atoms with E-state index < -0.39 is 0 Å². The van der Waals surface area contributed by atoms with Crippen molar-refractivity contribution in [1.82, 2.24) is 0 Å². The fraction of sp³-hybridized carbons (Fsp3) is 0.467. The van der Waals surface area contributed by atoms with Gasteiger partial charge in [0.2, 0.25) is 0 Å². The molecule has 0 heterocycles. The van der Waals surface area contributed by atoms with Crippen molar-refractivity contribution in [2.24, 2.45) is 0 Å². The van der Waals surface area contributed by atoms with Crippen LogP contribution in [0.3, 0.4) is 0 Å². The molecule has 18 heavy (non-hydrogen) atoms. The van der Waals surface area contributed by atoms with Crippen LogP contribution in [0.15, 0.2) is 30.4 Å². The van der Waals surface area contributed by atoms with E-state index in [0.717, 1.165) is 30.2 Å². The van der Waals surface area contributed by atoms with Gasteiger partial charge in [0.15, 0.2) is 0 Å². The van der Waals surface area contributed by atoms with Crippen molar-refractivity contribution in [3.05, 3.63) is 30.4 Å². The summed E-state index contributed by atoms with van der Waals surface area (Å²) in [5, 5.41) is 3.36. The van der Waals surface area contributed by atoms with Crippen LogP contribution < -0.4 is 14.8 Å². The smallest absolute Gasteiger partial charge is 0.142 e. The van der Waals surface area contributed by atoms with Crippen LogP contribution in [-0.2, 0) is 0 Å². The fourth-order valence-corrected chi connectivity index (χ4v) is 1.60. The molecule has 0 amide bonds. The minimum absolute atomic E-state index is 0.656. The first-order valence-electron chi connectivity index (χ1n) is 6.45. The summed E-state index contributed by atoms with van der Waals surface area (Å²) in [6.45, 7) is 12.1. The van der Waals surface area contributed by atoms with Gasteiger partial charge in [0.25, 0.3) is 0 Å². The largest absolute Gasteiger partial charge is 0.494 e. The molecule has 0 saturated heterocycles. The number of anilines is 1. The molecule has 100 valence electrons. The predicted molar refractivity (Wildman–Crippen MR) is 76.7 cm³/mol. The van der Waals surface area contributed by atoms with Crippen molar-refractivity contribution in [1.29, 1.82) is 0 Å². The van der Waals surface area contributed by atoms with Gasteiger partial charge in [-0.3, -0.25) is 0 Å². The van der Waals surface area contributed by atoms with Gasteiger partial charge in [-0.05, 0) is 39.3 Å². The first-order valence-corrected chi connectivity index (χ1v) is 6.45. The highest BCUT2D eigenvalue weighted by Gasteiger charge is 2.05. The van der Waals surface area contributed by atoms with Crippen molar-refractivity contribution in [3.8, 4) is 11.5 Å². The average Bonchev–Trinajstić information content (AvgIpc) is 2.32. The zero-order valence-corrected chi connectivity index (χ0v) is 11.6. The predicted octanol–water partition coefficient (Wildman–Crippen LogP) is 3.86. The molecule has 1 rings (SSSR count). The second-order valence-electron chi connectivity index (χ2n) is 4.16. The topological polar surface area (TPSA) is 30.5 Å². The van der Waals surface area contributed by atoms with Crippen molar-refractivity contribution in [3.63, 3.8) is 0 Å². The molecule has 0 saturated carbocycles. The van der Waals surface area contributed by atoms with E-state index in [4.69, 9.17) is 9.47 Å². The molecule has 0 spiro atoms. The standard InChI is InChI=1S/C15H23NO2/c1-5-17-13-7-8-15(18-6-2)14(11-13)16-10-9-12(3)4/h7-8,11,16H,3,5-6,9-10H2,1-2,4H3. The number of ether oxygens (including phenoxy) is 2. The van der Waals surface area contributed by atoms with Gasteiger partial charge in [0, 0.05) is 12.6 Å². The second-order valence-corrected chi connectivity index (χ2v) is 4.16. The molecular formula is C15H23NO2. The van der Waals surface area contributed by atoms with E-state index in [2.05, 4.69) is 11.9 Å². The lowest BCUT2D eigenvalue weighted by Gasteiger charge is -2.14. The van der Waals surface area contributed by atoms with E-state index in [1.54, 1.807) is 0 Å². The third-order valence-electron chi connectivity index (χ3n) is 2.43. The lowest BCUT2D eigenvalue weighted by molar-refractivity contribution is 0.332. The molecule has 0 fully saturated rings. The second kappa shape index (κ2) is 7.64. The third kappa shape index (κ3) is 4.70. The maximum atomic E-state index is 5.59. The first-order chi connectivity index (χ1) is 8.67. The van der Waals surface area contributed by atoms with E-state index >= 15 is 0 Å². The van der Waals surface area contributed by atoms with Gasteiger partial charge in [0.1, 0.15) is 11.5 Å². The van der Waals surface area contributed by atoms with Gasteiger partial charge in [0.05, 0.1) is 18.9 Å². The summed E-state index contributed by atoms with van der Waals surface area (Å²) in [4.78, 5) is 0. The van der Waals surface area contributed by atoms with E-state index in [-0.39, 0.29) is 0 Å². The van der Waals surface area contributed by atoms with Crippen LogP contribution in [0, 0.1) is 0 Å². The molecule has 0 radical (unpaired) electrons. The molecule has 0 aliphatic heterocycles. The van der Waals surface area contributed by atoms with E-state index in [9.17, 15) is 0 Å². The number of nitrogens with one attached hydrogen (secondary N) is 1. The summed E-state index contributed by atoms with van der Waals surface area (Å²) >= 11 is 0. The van der Waals surface area contributed by atoms with Crippen LogP contribution >= 0.6 is 0 Å². The maximum Gasteiger partial charge on any atom is 0.142 e. The summed E-state index contributed by atoms with van der Waals surface area (Å²) in [7, 11) is 0. The van der Waals surface area contributed by atoms with Gasteiger partial charge in [-0.1, -0.05) is 5.57 Å². The highest BCUT2D eigenvalue weighted by atomic mass is 16.5. The molecule has 3 nitrogen and oxygen atoms in total. The lowest BCUT2D eigenvalue weighted by Crippen LogP contribution is -2.05. The molecule has 0 aromatic heterocycles. The molecule has 1 N–H and O–H groups in total. The van der Waals surface area contributed by atoms with Crippen LogP contribution in [0.1, 0.15) is 27.2 Å². The monoisotopic (exact) mass is 249 g/mol. The number of benzene rings is 1. The normalized spacial score (nSPS) is 9.94. The third-order valence-corrected chi connectivity index (χ3v) is 2.43. The Morgan fingerprint density at radius 3 is 2.56 bits per heavy atom. The highest BCUT2D eigenvalue weighted by Crippen LogP contribution is 2.29.